The van der Waals surface area contributed by atoms with Gasteiger partial charge in [0, 0.05) is 12.5 Å². The van der Waals surface area contributed by atoms with E-state index in [1.54, 1.807) is 6.92 Å². The third-order valence-electron chi connectivity index (χ3n) is 3.19. The van der Waals surface area contributed by atoms with Crippen molar-refractivity contribution in [3.8, 4) is 0 Å². The van der Waals surface area contributed by atoms with Gasteiger partial charge in [-0.1, -0.05) is 24.3 Å². The molecule has 3 nitrogen and oxygen atoms in total. The lowest BCUT2D eigenvalue weighted by atomic mass is 10.0. The summed E-state index contributed by atoms with van der Waals surface area (Å²) in [7, 11) is 0. The van der Waals surface area contributed by atoms with Gasteiger partial charge < -0.3 is 11.1 Å². The minimum absolute atomic E-state index is 0. The Morgan fingerprint density at radius 1 is 1.53 bits per heavy atom. The second kappa shape index (κ2) is 6.03. The van der Waals surface area contributed by atoms with Crippen molar-refractivity contribution in [1.82, 2.24) is 5.32 Å². The van der Waals surface area contributed by atoms with Crippen molar-refractivity contribution >= 4 is 18.3 Å². The van der Waals surface area contributed by atoms with Gasteiger partial charge >= 0.3 is 0 Å². The van der Waals surface area contributed by atoms with E-state index in [-0.39, 0.29) is 18.3 Å². The maximum absolute atomic E-state index is 11.4. The number of benzene rings is 1. The number of hydrogen-bond acceptors (Lipinski definition) is 2. The molecule has 2 rings (SSSR count). The number of carbonyl (C=O) groups excluding carboxylic acids is 1. The van der Waals surface area contributed by atoms with E-state index in [1.807, 2.05) is 0 Å². The molecule has 3 N–H and O–H groups in total. The van der Waals surface area contributed by atoms with E-state index >= 15 is 0 Å². The lowest BCUT2D eigenvalue weighted by Crippen LogP contribution is -2.39. The van der Waals surface area contributed by atoms with E-state index < -0.39 is 6.04 Å². The number of rotatable bonds is 3. The fraction of sp³-hybridized carbons (Fsp3) is 0.462. The zero-order valence-corrected chi connectivity index (χ0v) is 10.8. The average Bonchev–Trinajstić information content (AvgIpc) is 2.69. The van der Waals surface area contributed by atoms with Crippen molar-refractivity contribution in [3.63, 3.8) is 0 Å². The molecule has 4 heteroatoms. The Labute approximate surface area is 108 Å². The molecule has 1 aromatic rings. The number of amides is 1. The van der Waals surface area contributed by atoms with Gasteiger partial charge in [-0.2, -0.15) is 0 Å². The first kappa shape index (κ1) is 14.0. The Morgan fingerprint density at radius 3 is 2.94 bits per heavy atom. The molecule has 0 saturated heterocycles. The zero-order chi connectivity index (χ0) is 11.5. The average molecular weight is 255 g/mol. The first-order valence-corrected chi connectivity index (χ1v) is 5.79. The Bertz CT molecular complexity index is 393. The summed E-state index contributed by atoms with van der Waals surface area (Å²) in [6.45, 7) is 2.41. The van der Waals surface area contributed by atoms with Crippen molar-refractivity contribution in [2.24, 2.45) is 5.73 Å². The van der Waals surface area contributed by atoms with E-state index in [4.69, 9.17) is 5.73 Å². The Morgan fingerprint density at radius 2 is 2.24 bits per heavy atom. The number of nitrogens with one attached hydrogen (secondary N) is 1. The molecular weight excluding hydrogens is 236 g/mol. The van der Waals surface area contributed by atoms with Crippen LogP contribution in [0.4, 0.5) is 0 Å². The largest absolute Gasteiger partial charge is 0.354 e. The standard InChI is InChI=1S/C13H18N2O.ClH/c1-9(14)13(16)15-8-11-7-6-10-4-2-3-5-12(10)11;/h2-5,9,11H,6-8,14H2,1H3,(H,15,16);1H/t9-,11?;/m0./s1. The minimum Gasteiger partial charge on any atom is -0.354 e. The highest BCUT2D eigenvalue weighted by molar-refractivity contribution is 5.85. The second-order valence-electron chi connectivity index (χ2n) is 4.47. The normalized spacial score (nSPS) is 19.1. The van der Waals surface area contributed by atoms with Crippen LogP contribution in [0.15, 0.2) is 24.3 Å². The van der Waals surface area contributed by atoms with Crippen molar-refractivity contribution in [2.45, 2.75) is 31.7 Å². The molecule has 17 heavy (non-hydrogen) atoms. The van der Waals surface area contributed by atoms with E-state index in [0.717, 1.165) is 12.8 Å². The molecule has 1 aromatic carbocycles. The van der Waals surface area contributed by atoms with Crippen molar-refractivity contribution < 1.29 is 4.79 Å². The number of fused-ring (bicyclic) bond motifs is 1. The third-order valence-corrected chi connectivity index (χ3v) is 3.19. The quantitative estimate of drug-likeness (QED) is 0.861. The van der Waals surface area contributed by atoms with Gasteiger partial charge in [-0.25, -0.2) is 0 Å². The fourth-order valence-corrected chi connectivity index (χ4v) is 2.24. The molecule has 0 bridgehead atoms. The zero-order valence-electron chi connectivity index (χ0n) is 9.98. The Balaban J connectivity index is 0.00000144. The molecule has 1 aliphatic rings. The van der Waals surface area contributed by atoms with Gasteiger partial charge in [0.15, 0.2) is 0 Å². The number of carbonyl (C=O) groups is 1. The molecule has 0 radical (unpaired) electrons. The van der Waals surface area contributed by atoms with Gasteiger partial charge in [0.25, 0.3) is 0 Å². The first-order chi connectivity index (χ1) is 7.68. The number of hydrogen-bond donors (Lipinski definition) is 2. The Hall–Kier alpha value is -1.06. The maximum atomic E-state index is 11.4. The van der Waals surface area contributed by atoms with Gasteiger partial charge in [0.2, 0.25) is 5.91 Å². The highest BCUT2D eigenvalue weighted by atomic mass is 35.5. The summed E-state index contributed by atoms with van der Waals surface area (Å²) in [5, 5.41) is 2.90. The summed E-state index contributed by atoms with van der Waals surface area (Å²) in [5.41, 5.74) is 8.30. The fourth-order valence-electron chi connectivity index (χ4n) is 2.24. The van der Waals surface area contributed by atoms with Crippen molar-refractivity contribution in [2.75, 3.05) is 6.54 Å². The molecule has 0 heterocycles. The summed E-state index contributed by atoms with van der Waals surface area (Å²) < 4.78 is 0. The van der Waals surface area contributed by atoms with Gasteiger partial charge in [-0.05, 0) is 30.9 Å². The van der Waals surface area contributed by atoms with Crippen LogP contribution in [-0.2, 0) is 11.2 Å². The lowest BCUT2D eigenvalue weighted by Gasteiger charge is -2.14. The highest BCUT2D eigenvalue weighted by Crippen LogP contribution is 2.31. The van der Waals surface area contributed by atoms with Crippen LogP contribution in [-0.4, -0.2) is 18.5 Å². The predicted octanol–water partition coefficient (Wildman–Crippen LogP) is 1.60. The topological polar surface area (TPSA) is 55.1 Å². The lowest BCUT2D eigenvalue weighted by molar-refractivity contribution is -0.122. The molecule has 0 spiro atoms. The SMILES string of the molecule is C[C@H](N)C(=O)NCC1CCc2ccccc21.Cl. The van der Waals surface area contributed by atoms with Crippen LogP contribution >= 0.6 is 12.4 Å². The first-order valence-electron chi connectivity index (χ1n) is 5.79. The van der Waals surface area contributed by atoms with Crippen LogP contribution in [0.2, 0.25) is 0 Å². The minimum atomic E-state index is -0.420. The molecule has 0 aliphatic heterocycles. The van der Waals surface area contributed by atoms with Crippen LogP contribution in [0, 0.1) is 0 Å². The second-order valence-corrected chi connectivity index (χ2v) is 4.47. The van der Waals surface area contributed by atoms with E-state index in [1.165, 1.54) is 11.1 Å². The Kier molecular flexibility index (Phi) is 4.97. The number of aryl methyl sites for hydroxylation is 1. The van der Waals surface area contributed by atoms with Gasteiger partial charge in [-0.3, -0.25) is 4.79 Å². The molecule has 2 atom stereocenters. The molecule has 0 saturated carbocycles. The van der Waals surface area contributed by atoms with E-state index in [0.29, 0.717) is 12.5 Å². The number of nitrogens with two attached hydrogens (primary N) is 1. The molecule has 0 fully saturated rings. The van der Waals surface area contributed by atoms with Crippen LogP contribution in [0.1, 0.15) is 30.4 Å². The van der Waals surface area contributed by atoms with Crippen LogP contribution in [0.5, 0.6) is 0 Å². The van der Waals surface area contributed by atoms with Gasteiger partial charge in [0.1, 0.15) is 0 Å². The predicted molar refractivity (Wildman–Crippen MR) is 71.4 cm³/mol. The maximum Gasteiger partial charge on any atom is 0.236 e. The summed E-state index contributed by atoms with van der Waals surface area (Å²) >= 11 is 0. The van der Waals surface area contributed by atoms with Crippen molar-refractivity contribution in [1.29, 1.82) is 0 Å². The summed E-state index contributed by atoms with van der Waals surface area (Å²) in [5.74, 6) is 0.392. The molecule has 1 aliphatic carbocycles. The van der Waals surface area contributed by atoms with E-state index in [2.05, 4.69) is 29.6 Å². The van der Waals surface area contributed by atoms with Crippen molar-refractivity contribution in [3.05, 3.63) is 35.4 Å². The van der Waals surface area contributed by atoms with E-state index in [9.17, 15) is 4.79 Å². The third kappa shape index (κ3) is 3.20. The molecule has 1 unspecified atom stereocenters. The van der Waals surface area contributed by atoms with Gasteiger partial charge in [0.05, 0.1) is 6.04 Å². The van der Waals surface area contributed by atoms with Gasteiger partial charge in [-0.15, -0.1) is 12.4 Å². The smallest absolute Gasteiger partial charge is 0.236 e. The molecule has 94 valence electrons. The molecule has 0 aromatic heterocycles. The molecular formula is C13H19ClN2O. The molecule has 1 amide bonds. The summed E-state index contributed by atoms with van der Waals surface area (Å²) in [4.78, 5) is 11.4. The van der Waals surface area contributed by atoms with Crippen LogP contribution in [0.25, 0.3) is 0 Å². The van der Waals surface area contributed by atoms with Crippen LogP contribution < -0.4 is 11.1 Å². The highest BCUT2D eigenvalue weighted by Gasteiger charge is 2.22. The monoisotopic (exact) mass is 254 g/mol. The summed E-state index contributed by atoms with van der Waals surface area (Å²) in [6, 6.07) is 8.04. The summed E-state index contributed by atoms with van der Waals surface area (Å²) in [6.07, 6.45) is 2.24. The van der Waals surface area contributed by atoms with Crippen LogP contribution in [0.3, 0.4) is 0 Å². The number of halogens is 1.